The highest BCUT2D eigenvalue weighted by atomic mass is 28.4. The molecule has 12 heteroatoms. The Hall–Kier alpha value is -1.96. The fraction of sp³-hybridized carbons (Fsp3) is 0.720. The number of fused-ring (bicyclic) bond motifs is 5. The van der Waals surface area contributed by atoms with E-state index in [0.29, 0.717) is 39.0 Å². The number of ether oxygens (including phenoxy) is 2. The summed E-state index contributed by atoms with van der Waals surface area (Å²) in [4.78, 5) is 50.5. The van der Waals surface area contributed by atoms with Crippen molar-refractivity contribution in [3.63, 3.8) is 0 Å². The Morgan fingerprint density at radius 3 is 2.11 bits per heavy atom. The summed E-state index contributed by atoms with van der Waals surface area (Å²) in [5, 5.41) is 2.73. The lowest BCUT2D eigenvalue weighted by Gasteiger charge is -2.31. The molecule has 0 spiro atoms. The first-order valence-corrected chi connectivity index (χ1v) is 14.7. The first kappa shape index (κ1) is 29.6. The molecular weight excluding hydrogens is 500 g/mol. The van der Waals surface area contributed by atoms with Crippen molar-refractivity contribution >= 4 is 32.3 Å². The first-order chi connectivity index (χ1) is 17.8. The molecule has 1 N–H and O–H groups in total. The molecule has 0 aromatic rings. The summed E-state index contributed by atoms with van der Waals surface area (Å²) in [5.74, 6) is -1.99. The third-order valence-corrected chi connectivity index (χ3v) is 10.3. The third-order valence-electron chi connectivity index (χ3n) is 7.33. The van der Waals surface area contributed by atoms with E-state index in [-0.39, 0.29) is 61.5 Å². The van der Waals surface area contributed by atoms with E-state index in [1.54, 1.807) is 14.2 Å². The maximum Gasteiger partial charge on any atom is 0.500 e. The maximum absolute atomic E-state index is 13.2. The summed E-state index contributed by atoms with van der Waals surface area (Å²) in [6, 6.07) is 0.549. The van der Waals surface area contributed by atoms with Gasteiger partial charge in [-0.2, -0.15) is 0 Å². The van der Waals surface area contributed by atoms with Gasteiger partial charge in [0.2, 0.25) is 17.7 Å². The molecule has 2 bridgehead atoms. The molecule has 0 aromatic heterocycles. The molecule has 2 aliphatic carbocycles. The molecule has 206 valence electrons. The second kappa shape index (κ2) is 13.7. The molecule has 11 nitrogen and oxygen atoms in total. The second-order valence-corrected chi connectivity index (χ2v) is 12.2. The van der Waals surface area contributed by atoms with E-state index in [2.05, 4.69) is 5.32 Å². The molecule has 2 fully saturated rings. The molecule has 4 unspecified atom stereocenters. The summed E-state index contributed by atoms with van der Waals surface area (Å²) in [7, 11) is 0.271. The van der Waals surface area contributed by atoms with Crippen LogP contribution < -0.4 is 5.32 Å². The third kappa shape index (κ3) is 6.92. The number of carbonyl (C=O) groups is 4. The monoisotopic (exact) mass is 538 g/mol. The number of amides is 3. The van der Waals surface area contributed by atoms with Gasteiger partial charge in [-0.15, -0.1) is 0 Å². The molecule has 1 saturated heterocycles. The summed E-state index contributed by atoms with van der Waals surface area (Å²) < 4.78 is 27.7. The van der Waals surface area contributed by atoms with Gasteiger partial charge >= 0.3 is 8.80 Å². The highest BCUT2D eigenvalue weighted by molar-refractivity contribution is 6.60. The SMILES string of the molecule is [CH]C(=O)CCOCCOCCNC(=O)CCN1C(=O)C2C3C=CC(C3C[Si](OC)(OC)OCC)C2C1=O. The fourth-order valence-corrected chi connectivity index (χ4v) is 8.06. The van der Waals surface area contributed by atoms with E-state index >= 15 is 0 Å². The van der Waals surface area contributed by atoms with Crippen molar-refractivity contribution in [3.8, 4) is 0 Å². The van der Waals surface area contributed by atoms with Crippen LogP contribution in [0.25, 0.3) is 0 Å². The van der Waals surface area contributed by atoms with E-state index in [1.807, 2.05) is 19.1 Å². The largest absolute Gasteiger partial charge is 0.500 e. The minimum absolute atomic E-state index is 0.0348. The average molecular weight is 539 g/mol. The molecule has 1 heterocycles. The number of hydrogen-bond acceptors (Lipinski definition) is 9. The highest BCUT2D eigenvalue weighted by Gasteiger charge is 2.65. The van der Waals surface area contributed by atoms with Gasteiger partial charge in [0.1, 0.15) is 5.78 Å². The number of likely N-dealkylation sites (tertiary alicyclic amines) is 1. The van der Waals surface area contributed by atoms with Gasteiger partial charge in [-0.25, -0.2) is 0 Å². The van der Waals surface area contributed by atoms with E-state index in [1.165, 1.54) is 4.90 Å². The van der Waals surface area contributed by atoms with Gasteiger partial charge in [0, 0.05) is 59.7 Å². The number of hydrogen-bond donors (Lipinski definition) is 1. The molecule has 3 rings (SSSR count). The Labute approximate surface area is 219 Å². The summed E-state index contributed by atoms with van der Waals surface area (Å²) >= 11 is 0. The van der Waals surface area contributed by atoms with Crippen LogP contribution in [-0.4, -0.2) is 97.6 Å². The van der Waals surface area contributed by atoms with Crippen LogP contribution in [0.2, 0.25) is 6.04 Å². The molecule has 4 atom stereocenters. The van der Waals surface area contributed by atoms with Crippen LogP contribution in [-0.2, 0) is 41.9 Å². The summed E-state index contributed by atoms with van der Waals surface area (Å²) in [5.41, 5.74) is 0. The molecule has 1 aliphatic heterocycles. The minimum Gasteiger partial charge on any atom is -0.379 e. The Morgan fingerprint density at radius 1 is 0.973 bits per heavy atom. The normalized spacial score (nSPS) is 26.3. The zero-order valence-electron chi connectivity index (χ0n) is 21.8. The standard InChI is InChI=1S/C25H38N2O9Si/c1-5-36-37(32-3,33-4)16-20-18-6-7-19(20)23-22(18)24(30)27(25(23)31)11-8-21(29)26-10-13-35-15-14-34-12-9-17(2)28/h2,6-7,18-20,22-23H,5,8-16H2,1,3-4H3,(H,26,29). The Balaban J connectivity index is 1.41. The van der Waals surface area contributed by atoms with Crippen LogP contribution in [0.1, 0.15) is 19.8 Å². The van der Waals surface area contributed by atoms with E-state index in [9.17, 15) is 19.2 Å². The van der Waals surface area contributed by atoms with Gasteiger partial charge in [-0.05, 0) is 24.7 Å². The molecule has 3 aliphatic rings. The molecule has 2 radical (unpaired) electrons. The molecule has 37 heavy (non-hydrogen) atoms. The minimum atomic E-state index is -2.89. The predicted molar refractivity (Wildman–Crippen MR) is 133 cm³/mol. The van der Waals surface area contributed by atoms with E-state index in [0.717, 1.165) is 0 Å². The van der Waals surface area contributed by atoms with Crippen molar-refractivity contribution in [1.29, 1.82) is 0 Å². The zero-order valence-corrected chi connectivity index (χ0v) is 22.8. The Bertz CT molecular complexity index is 831. The van der Waals surface area contributed by atoms with Gasteiger partial charge in [0.15, 0.2) is 0 Å². The lowest BCUT2D eigenvalue weighted by molar-refractivity contribution is -0.141. The number of ketones is 1. The van der Waals surface area contributed by atoms with Crippen LogP contribution in [0.5, 0.6) is 0 Å². The maximum atomic E-state index is 13.2. The van der Waals surface area contributed by atoms with Crippen molar-refractivity contribution < 1.29 is 41.9 Å². The van der Waals surface area contributed by atoms with Crippen molar-refractivity contribution in [2.24, 2.45) is 29.6 Å². The number of rotatable bonds is 18. The number of imide groups is 1. The average Bonchev–Trinajstić information content (AvgIpc) is 3.49. The zero-order chi connectivity index (χ0) is 27.0. The van der Waals surface area contributed by atoms with Gasteiger partial charge < -0.3 is 28.1 Å². The van der Waals surface area contributed by atoms with Crippen molar-refractivity contribution in [2.45, 2.75) is 25.8 Å². The van der Waals surface area contributed by atoms with Crippen LogP contribution in [0.4, 0.5) is 0 Å². The number of Topliss-reactive ketones (excluding diaryl/α,β-unsaturated/α-hetero) is 1. The molecular formula is C25H38N2O9Si. The lowest BCUT2D eigenvalue weighted by Crippen LogP contribution is -2.47. The van der Waals surface area contributed by atoms with Crippen molar-refractivity contribution in [2.75, 3.05) is 60.3 Å². The van der Waals surface area contributed by atoms with Crippen LogP contribution >= 0.6 is 0 Å². The second-order valence-electron chi connectivity index (χ2n) is 9.35. The Morgan fingerprint density at radius 2 is 1.57 bits per heavy atom. The van der Waals surface area contributed by atoms with Crippen LogP contribution in [0, 0.1) is 36.5 Å². The molecule has 0 aromatic carbocycles. The summed E-state index contributed by atoms with van der Waals surface area (Å²) in [6.07, 6.45) is 4.27. The van der Waals surface area contributed by atoms with Crippen molar-refractivity contribution in [1.82, 2.24) is 10.2 Å². The van der Waals surface area contributed by atoms with Gasteiger partial charge in [-0.1, -0.05) is 12.2 Å². The highest BCUT2D eigenvalue weighted by Crippen LogP contribution is 2.58. The molecule has 3 amide bonds. The summed E-state index contributed by atoms with van der Waals surface area (Å²) in [6.45, 7) is 8.92. The van der Waals surface area contributed by atoms with E-state index in [4.69, 9.17) is 29.7 Å². The number of carbonyl (C=O) groups excluding carboxylic acids is 4. The number of nitrogens with zero attached hydrogens (tertiary/aromatic N) is 1. The van der Waals surface area contributed by atoms with Crippen LogP contribution in [0.3, 0.4) is 0 Å². The first-order valence-electron chi connectivity index (χ1n) is 12.8. The molecule has 1 saturated carbocycles. The fourth-order valence-electron chi connectivity index (χ4n) is 5.64. The van der Waals surface area contributed by atoms with Gasteiger partial charge in [0.05, 0.1) is 38.3 Å². The van der Waals surface area contributed by atoms with Gasteiger partial charge in [-0.3, -0.25) is 24.1 Å². The van der Waals surface area contributed by atoms with Crippen LogP contribution in [0.15, 0.2) is 12.2 Å². The number of nitrogens with one attached hydrogen (secondary N) is 1. The lowest BCUT2D eigenvalue weighted by atomic mass is 9.85. The van der Waals surface area contributed by atoms with Gasteiger partial charge in [0.25, 0.3) is 0 Å². The quantitative estimate of drug-likeness (QED) is 0.115. The predicted octanol–water partition coefficient (Wildman–Crippen LogP) is 0.498. The Kier molecular flexibility index (Phi) is 11.0. The van der Waals surface area contributed by atoms with Crippen molar-refractivity contribution in [3.05, 3.63) is 19.1 Å². The smallest absolute Gasteiger partial charge is 0.379 e. The number of allylic oxidation sites excluding steroid dienone is 2. The topological polar surface area (TPSA) is 130 Å². The van der Waals surface area contributed by atoms with E-state index < -0.39 is 26.4 Å².